The Hall–Kier alpha value is -3.28. The van der Waals surface area contributed by atoms with Crippen molar-refractivity contribution in [2.24, 2.45) is 0 Å². The Balaban J connectivity index is 1.98. The molecule has 2 aromatic carbocycles. The van der Waals surface area contributed by atoms with Gasteiger partial charge in [-0.15, -0.1) is 0 Å². The molecule has 1 fully saturated rings. The summed E-state index contributed by atoms with van der Waals surface area (Å²) in [5, 5.41) is 1.28. The molecule has 0 saturated carbocycles. The molecule has 6 nitrogen and oxygen atoms in total. The second-order valence-corrected chi connectivity index (χ2v) is 6.04. The van der Waals surface area contributed by atoms with Crippen LogP contribution in [0.5, 0.6) is 11.5 Å². The van der Waals surface area contributed by atoms with Crippen molar-refractivity contribution >= 4 is 23.6 Å². The van der Waals surface area contributed by atoms with Gasteiger partial charge in [0, 0.05) is 11.6 Å². The van der Waals surface area contributed by atoms with Crippen LogP contribution in [0.1, 0.15) is 16.7 Å². The summed E-state index contributed by atoms with van der Waals surface area (Å²) in [6, 6.07) is 10.9. The molecule has 134 valence electrons. The summed E-state index contributed by atoms with van der Waals surface area (Å²) in [5.74, 6) is 0.290. The number of nitrogens with one attached hydrogen (secondary N) is 1. The Morgan fingerprint density at radius 1 is 1.00 bits per heavy atom. The van der Waals surface area contributed by atoms with Crippen LogP contribution in [0.3, 0.4) is 0 Å². The molecular weight excluding hydrogens is 332 g/mol. The lowest BCUT2D eigenvalue weighted by Crippen LogP contribution is -2.36. The van der Waals surface area contributed by atoms with Crippen LogP contribution in [0, 0.1) is 13.8 Å². The van der Waals surface area contributed by atoms with E-state index >= 15 is 0 Å². The highest BCUT2D eigenvalue weighted by Crippen LogP contribution is 2.29. The Bertz CT molecular complexity index is 918. The highest BCUT2D eigenvalue weighted by molar-refractivity contribution is 6.31. The molecule has 1 aliphatic rings. The summed E-state index contributed by atoms with van der Waals surface area (Å²) in [6.45, 7) is 3.87. The number of hydrogen-bond donors (Lipinski definition) is 1. The number of amides is 2. The summed E-state index contributed by atoms with van der Waals surface area (Å²) < 4.78 is 10.5. The van der Waals surface area contributed by atoms with Crippen molar-refractivity contribution < 1.29 is 19.1 Å². The number of hydrogen-bond acceptors (Lipinski definition) is 4. The molecule has 0 spiro atoms. The molecule has 1 saturated heterocycles. The maximum atomic E-state index is 12.8. The van der Waals surface area contributed by atoms with Crippen LogP contribution < -0.4 is 19.9 Å². The Labute approximate surface area is 152 Å². The molecular formula is C20H20N2O4. The third kappa shape index (κ3) is 3.13. The van der Waals surface area contributed by atoms with E-state index < -0.39 is 11.8 Å². The van der Waals surface area contributed by atoms with Crippen LogP contribution in [-0.4, -0.2) is 26.0 Å². The highest BCUT2D eigenvalue weighted by atomic mass is 16.5. The number of anilines is 1. The lowest BCUT2D eigenvalue weighted by Gasteiger charge is -2.17. The van der Waals surface area contributed by atoms with Crippen molar-refractivity contribution in [2.45, 2.75) is 13.8 Å². The van der Waals surface area contributed by atoms with E-state index in [-0.39, 0.29) is 5.57 Å². The Morgan fingerprint density at radius 2 is 1.77 bits per heavy atom. The van der Waals surface area contributed by atoms with Crippen molar-refractivity contribution in [2.75, 3.05) is 19.2 Å². The van der Waals surface area contributed by atoms with Crippen LogP contribution in [0.15, 0.2) is 42.0 Å². The minimum atomic E-state index is -0.451. The Kier molecular flexibility index (Phi) is 4.67. The average molecular weight is 352 g/mol. The molecule has 26 heavy (non-hydrogen) atoms. The largest absolute Gasteiger partial charge is 0.497 e. The topological polar surface area (TPSA) is 67.9 Å². The number of nitrogens with zero attached hydrogens (tertiary/aromatic N) is 1. The number of benzene rings is 2. The molecule has 0 aromatic heterocycles. The third-order valence-electron chi connectivity index (χ3n) is 4.23. The number of carbonyl (C=O) groups is 2. The third-order valence-corrected chi connectivity index (χ3v) is 4.23. The summed E-state index contributed by atoms with van der Waals surface area (Å²) >= 11 is 0. The zero-order valence-electron chi connectivity index (χ0n) is 15.1. The second-order valence-electron chi connectivity index (χ2n) is 6.04. The van der Waals surface area contributed by atoms with Crippen LogP contribution in [0.4, 0.5) is 5.69 Å². The lowest BCUT2D eigenvalue weighted by molar-refractivity contribution is -0.117. The van der Waals surface area contributed by atoms with Gasteiger partial charge in [-0.05, 0) is 43.7 Å². The van der Waals surface area contributed by atoms with Crippen molar-refractivity contribution in [1.29, 1.82) is 0 Å². The smallest absolute Gasteiger partial charge is 0.282 e. The molecule has 1 aliphatic heterocycles. The minimum absolute atomic E-state index is 0.0495. The number of carbonyl (C=O) groups excluding carboxylic acids is 2. The number of hydrazine groups is 1. The van der Waals surface area contributed by atoms with Gasteiger partial charge in [0.2, 0.25) is 0 Å². The highest BCUT2D eigenvalue weighted by Gasteiger charge is 2.35. The van der Waals surface area contributed by atoms with Crippen molar-refractivity contribution in [3.05, 3.63) is 58.7 Å². The number of methoxy groups -OCH3 is 2. The van der Waals surface area contributed by atoms with Gasteiger partial charge in [0.05, 0.1) is 19.9 Å². The second kappa shape index (κ2) is 6.92. The molecule has 0 atom stereocenters. The zero-order valence-corrected chi connectivity index (χ0v) is 15.1. The van der Waals surface area contributed by atoms with Crippen LogP contribution in [-0.2, 0) is 9.59 Å². The summed E-state index contributed by atoms with van der Waals surface area (Å²) in [7, 11) is 3.08. The summed E-state index contributed by atoms with van der Waals surface area (Å²) in [5.41, 5.74) is 5.93. The van der Waals surface area contributed by atoms with E-state index in [1.807, 2.05) is 32.0 Å². The first-order chi connectivity index (χ1) is 12.4. The van der Waals surface area contributed by atoms with Crippen LogP contribution in [0.2, 0.25) is 0 Å². The first-order valence-corrected chi connectivity index (χ1v) is 8.11. The van der Waals surface area contributed by atoms with E-state index in [1.165, 1.54) is 18.2 Å². The van der Waals surface area contributed by atoms with Gasteiger partial charge in [-0.2, -0.15) is 0 Å². The quantitative estimate of drug-likeness (QED) is 0.679. The van der Waals surface area contributed by atoms with E-state index in [0.29, 0.717) is 22.7 Å². The fourth-order valence-corrected chi connectivity index (χ4v) is 2.88. The SMILES string of the molecule is COc1ccc(/C=C2\C(=O)NN(c3ccc(C)cc3C)C2=O)c(OC)c1. The van der Waals surface area contributed by atoms with E-state index in [2.05, 4.69) is 5.43 Å². The average Bonchev–Trinajstić information content (AvgIpc) is 2.90. The maximum absolute atomic E-state index is 12.8. The molecule has 2 aromatic rings. The molecule has 0 radical (unpaired) electrons. The summed E-state index contributed by atoms with van der Waals surface area (Å²) in [4.78, 5) is 25.2. The van der Waals surface area contributed by atoms with E-state index in [1.54, 1.807) is 25.3 Å². The first-order valence-electron chi connectivity index (χ1n) is 8.11. The molecule has 1 N–H and O–H groups in total. The summed E-state index contributed by atoms with van der Waals surface area (Å²) in [6.07, 6.45) is 1.53. The molecule has 0 aliphatic carbocycles. The zero-order chi connectivity index (χ0) is 18.8. The van der Waals surface area contributed by atoms with Crippen LogP contribution >= 0.6 is 0 Å². The molecule has 1 heterocycles. The fourth-order valence-electron chi connectivity index (χ4n) is 2.88. The van der Waals surface area contributed by atoms with Crippen molar-refractivity contribution in [3.63, 3.8) is 0 Å². The predicted octanol–water partition coefficient (Wildman–Crippen LogP) is 2.78. The molecule has 0 bridgehead atoms. The Morgan fingerprint density at radius 3 is 2.42 bits per heavy atom. The van der Waals surface area contributed by atoms with Gasteiger partial charge < -0.3 is 9.47 Å². The van der Waals surface area contributed by atoms with E-state index in [4.69, 9.17) is 9.47 Å². The monoisotopic (exact) mass is 352 g/mol. The van der Waals surface area contributed by atoms with Gasteiger partial charge in [-0.25, -0.2) is 5.01 Å². The van der Waals surface area contributed by atoms with Gasteiger partial charge in [0.15, 0.2) is 0 Å². The van der Waals surface area contributed by atoms with Gasteiger partial charge in [0.25, 0.3) is 11.8 Å². The normalized spacial score (nSPS) is 15.4. The minimum Gasteiger partial charge on any atom is -0.497 e. The van der Waals surface area contributed by atoms with Gasteiger partial charge in [-0.1, -0.05) is 17.7 Å². The fraction of sp³-hybridized carbons (Fsp3) is 0.200. The lowest BCUT2D eigenvalue weighted by atomic mass is 10.1. The number of ether oxygens (including phenoxy) is 2. The number of aryl methyl sites for hydroxylation is 2. The molecule has 2 amide bonds. The van der Waals surface area contributed by atoms with E-state index in [9.17, 15) is 9.59 Å². The predicted molar refractivity (Wildman–Crippen MR) is 99.1 cm³/mol. The van der Waals surface area contributed by atoms with Gasteiger partial charge >= 0.3 is 0 Å². The maximum Gasteiger partial charge on any atom is 0.282 e. The van der Waals surface area contributed by atoms with Gasteiger partial charge in [0.1, 0.15) is 17.1 Å². The standard InChI is InChI=1S/C20H20N2O4/c1-12-5-8-17(13(2)9-12)22-20(24)16(19(23)21-22)10-14-6-7-15(25-3)11-18(14)26-4/h5-11H,1-4H3,(H,21,23)/b16-10+. The molecule has 3 rings (SSSR count). The number of rotatable bonds is 4. The van der Waals surface area contributed by atoms with Crippen molar-refractivity contribution in [3.8, 4) is 11.5 Å². The van der Waals surface area contributed by atoms with Gasteiger partial charge in [-0.3, -0.25) is 15.0 Å². The molecule has 0 unspecified atom stereocenters. The van der Waals surface area contributed by atoms with Crippen LogP contribution in [0.25, 0.3) is 6.08 Å². The first kappa shape index (κ1) is 17.5. The van der Waals surface area contributed by atoms with E-state index in [0.717, 1.165) is 11.1 Å². The molecule has 6 heteroatoms. The van der Waals surface area contributed by atoms with Crippen molar-refractivity contribution in [1.82, 2.24) is 5.43 Å².